The summed E-state index contributed by atoms with van der Waals surface area (Å²) < 4.78 is 13.5. The number of rotatable bonds is 6. The number of aromatic nitrogens is 2. The number of urea groups is 1. The molecule has 1 atom stereocenters. The van der Waals surface area contributed by atoms with Crippen molar-refractivity contribution in [3.05, 3.63) is 70.6 Å². The minimum Gasteiger partial charge on any atom is -0.388 e. The molecule has 0 radical (unpaired) electrons. The quantitative estimate of drug-likeness (QED) is 0.413. The Morgan fingerprint density at radius 2 is 1.84 bits per heavy atom. The molecule has 3 rings (SSSR count). The Morgan fingerprint density at radius 3 is 2.50 bits per heavy atom. The van der Waals surface area contributed by atoms with Crippen LogP contribution in [0.15, 0.2) is 54.7 Å². The molecule has 0 aliphatic rings. The molecule has 0 aliphatic carbocycles. The first-order chi connectivity index (χ1) is 15.1. The molecule has 10 heteroatoms. The maximum Gasteiger partial charge on any atom is 0.332 e. The topological polar surface area (TPSA) is 90.4 Å². The maximum atomic E-state index is 13.5. The van der Waals surface area contributed by atoms with E-state index in [-0.39, 0.29) is 27.9 Å². The van der Waals surface area contributed by atoms with Crippen LogP contribution in [0.1, 0.15) is 20.8 Å². The van der Waals surface area contributed by atoms with Gasteiger partial charge in [-0.3, -0.25) is 0 Å². The van der Waals surface area contributed by atoms with Gasteiger partial charge in [-0.1, -0.05) is 29.3 Å². The van der Waals surface area contributed by atoms with Gasteiger partial charge >= 0.3 is 6.03 Å². The molecule has 0 aliphatic heterocycles. The zero-order valence-corrected chi connectivity index (χ0v) is 19.1. The Balaban J connectivity index is 1.98. The van der Waals surface area contributed by atoms with Crippen molar-refractivity contribution in [1.29, 1.82) is 0 Å². The molecule has 1 heterocycles. The summed E-state index contributed by atoms with van der Waals surface area (Å²) in [6.07, 6.45) is 1.47. The molecule has 3 N–H and O–H groups in total. The van der Waals surface area contributed by atoms with E-state index in [2.05, 4.69) is 20.6 Å². The van der Waals surface area contributed by atoms with E-state index in [0.717, 1.165) is 0 Å². The molecular weight excluding hydrogens is 456 g/mol. The van der Waals surface area contributed by atoms with Gasteiger partial charge in [0.2, 0.25) is 5.95 Å². The van der Waals surface area contributed by atoms with E-state index >= 15 is 0 Å². The third kappa shape index (κ3) is 5.64. The molecule has 2 amide bonds. The first-order valence-electron chi connectivity index (χ1n) is 9.69. The van der Waals surface area contributed by atoms with Gasteiger partial charge in [0.25, 0.3) is 0 Å². The van der Waals surface area contributed by atoms with E-state index in [0.29, 0.717) is 11.4 Å². The average molecular weight is 478 g/mol. The molecule has 0 saturated heterocycles. The van der Waals surface area contributed by atoms with Crippen LogP contribution in [0.25, 0.3) is 0 Å². The third-order valence-corrected chi connectivity index (χ3v) is 5.58. The van der Waals surface area contributed by atoms with Gasteiger partial charge in [0.15, 0.2) is 0 Å². The van der Waals surface area contributed by atoms with Crippen molar-refractivity contribution in [3.8, 4) is 0 Å². The number of halogens is 3. The number of nitrogens with zero attached hydrogens (tertiary/aromatic N) is 3. The van der Waals surface area contributed by atoms with Crippen LogP contribution >= 0.6 is 23.2 Å². The Bertz CT molecular complexity index is 1110. The molecule has 0 saturated carbocycles. The number of hydrogen-bond acceptors (Lipinski definition) is 5. The minimum absolute atomic E-state index is 0.186. The van der Waals surface area contributed by atoms with Crippen LogP contribution in [-0.4, -0.2) is 32.7 Å². The number of carbonyl (C=O) groups is 1. The predicted octanol–water partition coefficient (Wildman–Crippen LogP) is 5.86. The second-order valence-corrected chi connectivity index (χ2v) is 8.39. The van der Waals surface area contributed by atoms with Gasteiger partial charge < -0.3 is 15.7 Å². The molecule has 0 spiro atoms. The lowest BCUT2D eigenvalue weighted by Gasteiger charge is -2.27. The first-order valence-corrected chi connectivity index (χ1v) is 10.4. The zero-order valence-electron chi connectivity index (χ0n) is 17.6. The molecule has 168 valence electrons. The molecular formula is C22H22Cl2FN5O2. The molecule has 2 aromatic carbocycles. The summed E-state index contributed by atoms with van der Waals surface area (Å²) >= 11 is 12.3. The third-order valence-electron chi connectivity index (χ3n) is 4.76. The first kappa shape index (κ1) is 23.7. The normalized spacial score (nSPS) is 12.2. The summed E-state index contributed by atoms with van der Waals surface area (Å²) in [6, 6.07) is 10.8. The Hall–Kier alpha value is -2.94. The second kappa shape index (κ2) is 9.68. The summed E-state index contributed by atoms with van der Waals surface area (Å²) in [6.45, 7) is 5.09. The zero-order chi connectivity index (χ0) is 23.5. The smallest absolute Gasteiger partial charge is 0.332 e. The standard InChI is InChI=1S/C22H22Cl2FN5O2/c1-13(22(2,3)32)27-20-26-12-11-18(29-20)30(15-9-7-14(25)8-10-15)21(31)28-17-6-4-5-16(23)19(17)24/h4-13,32H,1-3H3,(H,28,31)(H,26,27,29)/t13-/m0/s1. The van der Waals surface area contributed by atoms with Crippen LogP contribution in [0, 0.1) is 5.82 Å². The average Bonchev–Trinajstić information content (AvgIpc) is 2.73. The van der Waals surface area contributed by atoms with Crippen molar-refractivity contribution in [2.45, 2.75) is 32.4 Å². The highest BCUT2D eigenvalue weighted by Gasteiger charge is 2.25. The van der Waals surface area contributed by atoms with Crippen molar-refractivity contribution in [3.63, 3.8) is 0 Å². The predicted molar refractivity (Wildman–Crippen MR) is 125 cm³/mol. The van der Waals surface area contributed by atoms with E-state index in [4.69, 9.17) is 23.2 Å². The number of amides is 2. The maximum absolute atomic E-state index is 13.5. The van der Waals surface area contributed by atoms with E-state index in [9.17, 15) is 14.3 Å². The Kier molecular flexibility index (Phi) is 7.18. The van der Waals surface area contributed by atoms with Gasteiger partial charge in [0.05, 0.1) is 33.1 Å². The fourth-order valence-electron chi connectivity index (χ4n) is 2.63. The van der Waals surface area contributed by atoms with Gasteiger partial charge in [-0.05, 0) is 57.2 Å². The van der Waals surface area contributed by atoms with Gasteiger partial charge in [-0.25, -0.2) is 19.1 Å². The van der Waals surface area contributed by atoms with E-state index in [1.165, 1.54) is 41.4 Å². The molecule has 0 fully saturated rings. The van der Waals surface area contributed by atoms with Crippen molar-refractivity contribution in [1.82, 2.24) is 9.97 Å². The lowest BCUT2D eigenvalue weighted by molar-refractivity contribution is 0.0646. The number of hydrogen-bond donors (Lipinski definition) is 3. The fraction of sp³-hybridized carbons (Fsp3) is 0.227. The van der Waals surface area contributed by atoms with Crippen LogP contribution in [0.4, 0.5) is 32.3 Å². The van der Waals surface area contributed by atoms with E-state index in [1.54, 1.807) is 39.0 Å². The monoisotopic (exact) mass is 477 g/mol. The molecule has 7 nitrogen and oxygen atoms in total. The van der Waals surface area contributed by atoms with Crippen LogP contribution < -0.4 is 15.5 Å². The number of aliphatic hydroxyl groups is 1. The highest BCUT2D eigenvalue weighted by Crippen LogP contribution is 2.31. The largest absolute Gasteiger partial charge is 0.388 e. The van der Waals surface area contributed by atoms with E-state index in [1.807, 2.05) is 0 Å². The van der Waals surface area contributed by atoms with Crippen molar-refractivity contribution >= 4 is 52.4 Å². The highest BCUT2D eigenvalue weighted by molar-refractivity contribution is 6.44. The van der Waals surface area contributed by atoms with Crippen LogP contribution in [0.2, 0.25) is 10.0 Å². The lowest BCUT2D eigenvalue weighted by atomic mass is 10.0. The Labute approximate surface area is 195 Å². The molecule has 0 bridgehead atoms. The molecule has 3 aromatic rings. The number of carbonyl (C=O) groups excluding carboxylic acids is 1. The minimum atomic E-state index is -1.03. The number of anilines is 4. The van der Waals surface area contributed by atoms with Gasteiger partial charge in [-0.2, -0.15) is 4.98 Å². The van der Waals surface area contributed by atoms with Gasteiger partial charge in [0.1, 0.15) is 11.6 Å². The molecule has 32 heavy (non-hydrogen) atoms. The molecule has 0 unspecified atom stereocenters. The number of nitrogens with one attached hydrogen (secondary N) is 2. The van der Waals surface area contributed by atoms with E-state index < -0.39 is 17.4 Å². The Morgan fingerprint density at radius 1 is 1.16 bits per heavy atom. The lowest BCUT2D eigenvalue weighted by Crippen LogP contribution is -2.40. The molecule has 1 aromatic heterocycles. The SMILES string of the molecule is C[C@H](Nc1nccc(N(C(=O)Nc2cccc(Cl)c2Cl)c2ccc(F)cc2)n1)C(C)(C)O. The summed E-state index contributed by atoms with van der Waals surface area (Å²) in [4.78, 5) is 23.1. The van der Waals surface area contributed by atoms with Crippen LogP contribution in [0.5, 0.6) is 0 Å². The van der Waals surface area contributed by atoms with Crippen molar-refractivity contribution in [2.75, 3.05) is 15.5 Å². The summed E-state index contributed by atoms with van der Waals surface area (Å²) in [7, 11) is 0. The number of benzene rings is 2. The summed E-state index contributed by atoms with van der Waals surface area (Å²) in [5.74, 6) is -0.0263. The van der Waals surface area contributed by atoms with Crippen LogP contribution in [0.3, 0.4) is 0 Å². The van der Waals surface area contributed by atoms with Crippen LogP contribution in [-0.2, 0) is 0 Å². The second-order valence-electron chi connectivity index (χ2n) is 7.60. The summed E-state index contributed by atoms with van der Waals surface area (Å²) in [5.41, 5.74) is -0.363. The van der Waals surface area contributed by atoms with Crippen molar-refractivity contribution in [2.24, 2.45) is 0 Å². The van der Waals surface area contributed by atoms with Gasteiger partial charge in [-0.15, -0.1) is 0 Å². The fourth-order valence-corrected chi connectivity index (χ4v) is 2.98. The van der Waals surface area contributed by atoms with Gasteiger partial charge in [0, 0.05) is 12.3 Å². The highest BCUT2D eigenvalue weighted by atomic mass is 35.5. The summed E-state index contributed by atoms with van der Waals surface area (Å²) in [5, 5.41) is 16.4. The van der Waals surface area contributed by atoms with Crippen molar-refractivity contribution < 1.29 is 14.3 Å².